The zero-order valence-electron chi connectivity index (χ0n) is 7.37. The molecule has 1 aliphatic rings. The van der Waals surface area contributed by atoms with E-state index in [1.54, 1.807) is 6.26 Å². The molecule has 0 aromatic carbocycles. The molecule has 2 N–H and O–H groups in total. The van der Waals surface area contributed by atoms with Crippen LogP contribution < -0.4 is 58.2 Å². The van der Waals surface area contributed by atoms with Gasteiger partial charge in [0.05, 0.1) is 6.10 Å². The third-order valence-corrected chi connectivity index (χ3v) is 1.91. The van der Waals surface area contributed by atoms with Gasteiger partial charge in [-0.15, -0.1) is 5.57 Å². The van der Waals surface area contributed by atoms with E-state index in [9.17, 15) is 9.90 Å². The molecule has 1 fully saturated rings. The first kappa shape index (κ1) is 13.0. The molecule has 0 bridgehead atoms. The monoisotopic (exact) mass is 240 g/mol. The molecule has 0 amide bonds. The Balaban J connectivity index is 0.00000121. The Labute approximate surface area is 121 Å². The van der Waals surface area contributed by atoms with E-state index in [2.05, 4.69) is 0 Å². The van der Waals surface area contributed by atoms with Gasteiger partial charge in [0.25, 0.3) is 0 Å². The standard InChI is InChI=1S/C8H11O3.Rb/c1-5-2-7(10)6(4-9)8(11)3-5;/h5,7,9-10H,2-3H2,1H3;/q-1;+1. The van der Waals surface area contributed by atoms with Crippen molar-refractivity contribution in [3.63, 3.8) is 0 Å². The SMILES string of the molecule is CC1CC(=O)C(=[C-]O)C(O)C1.[Rb+]. The maximum Gasteiger partial charge on any atom is 1.00 e. The fraction of sp³-hybridized carbons (Fsp3) is 0.625. The summed E-state index contributed by atoms with van der Waals surface area (Å²) in [6.07, 6.45) is 1.86. The van der Waals surface area contributed by atoms with E-state index in [-0.39, 0.29) is 75.5 Å². The smallest absolute Gasteiger partial charge is 0.607 e. The van der Waals surface area contributed by atoms with E-state index >= 15 is 0 Å². The first-order valence-electron chi connectivity index (χ1n) is 3.63. The van der Waals surface area contributed by atoms with Gasteiger partial charge in [0, 0.05) is 5.78 Å². The molecule has 0 spiro atoms. The summed E-state index contributed by atoms with van der Waals surface area (Å²) in [5, 5.41) is 17.7. The Bertz CT molecular complexity index is 200. The van der Waals surface area contributed by atoms with Crippen LogP contribution in [0.5, 0.6) is 0 Å². The first-order valence-corrected chi connectivity index (χ1v) is 3.63. The fourth-order valence-corrected chi connectivity index (χ4v) is 1.33. The van der Waals surface area contributed by atoms with Crippen LogP contribution in [0.25, 0.3) is 0 Å². The average molecular weight is 241 g/mol. The Morgan fingerprint density at radius 1 is 1.58 bits per heavy atom. The van der Waals surface area contributed by atoms with Crippen molar-refractivity contribution in [2.24, 2.45) is 5.92 Å². The first-order chi connectivity index (χ1) is 5.15. The summed E-state index contributed by atoms with van der Waals surface area (Å²) in [6, 6.07) is 0. The van der Waals surface area contributed by atoms with Gasteiger partial charge in [0.15, 0.2) is 0 Å². The van der Waals surface area contributed by atoms with Gasteiger partial charge in [-0.05, 0) is 12.3 Å². The molecule has 3 nitrogen and oxygen atoms in total. The molecular formula is C8H11O3Rb. The maximum absolute atomic E-state index is 11.0. The molecule has 0 heterocycles. The third kappa shape index (κ3) is 3.03. The van der Waals surface area contributed by atoms with Crippen LogP contribution in [-0.4, -0.2) is 22.1 Å². The van der Waals surface area contributed by atoms with Crippen molar-refractivity contribution in [3.05, 3.63) is 11.8 Å². The molecule has 0 aromatic heterocycles. The predicted octanol–water partition coefficient (Wildman–Crippen LogP) is -2.40. The second kappa shape index (κ2) is 5.65. The van der Waals surface area contributed by atoms with Crippen LogP contribution in [-0.2, 0) is 4.79 Å². The molecule has 4 heteroatoms. The predicted molar refractivity (Wildman–Crippen MR) is 38.8 cm³/mol. The van der Waals surface area contributed by atoms with E-state index in [4.69, 9.17) is 5.11 Å². The molecule has 1 aliphatic carbocycles. The zero-order chi connectivity index (χ0) is 8.43. The summed E-state index contributed by atoms with van der Waals surface area (Å²) in [5.74, 6) is 0.00773. The number of aliphatic hydroxyl groups is 2. The van der Waals surface area contributed by atoms with Crippen molar-refractivity contribution < 1.29 is 73.2 Å². The Kier molecular flexibility index (Phi) is 6.11. The average Bonchev–Trinajstić information content (AvgIpc) is 1.85. The number of Topliss-reactive ketones (excluding diaryl/α,β-unsaturated/α-hetero) is 1. The number of rotatable bonds is 0. The van der Waals surface area contributed by atoms with E-state index < -0.39 is 6.10 Å². The third-order valence-electron chi connectivity index (χ3n) is 1.91. The molecule has 1 saturated carbocycles. The summed E-state index contributed by atoms with van der Waals surface area (Å²) >= 11 is 0. The number of hydrogen-bond donors (Lipinski definition) is 2. The molecule has 0 saturated heterocycles. The van der Waals surface area contributed by atoms with Crippen molar-refractivity contribution in [1.29, 1.82) is 0 Å². The molecule has 0 radical (unpaired) electrons. The quantitative estimate of drug-likeness (QED) is 0.282. The van der Waals surface area contributed by atoms with Crippen LogP contribution >= 0.6 is 0 Å². The Morgan fingerprint density at radius 2 is 2.17 bits per heavy atom. The summed E-state index contributed by atoms with van der Waals surface area (Å²) in [4.78, 5) is 11.0. The molecule has 0 aromatic rings. The maximum atomic E-state index is 11.0. The number of ketones is 1. The van der Waals surface area contributed by atoms with Gasteiger partial charge >= 0.3 is 58.2 Å². The van der Waals surface area contributed by atoms with Crippen molar-refractivity contribution >= 4 is 5.78 Å². The van der Waals surface area contributed by atoms with Gasteiger partial charge < -0.3 is 15.0 Å². The summed E-state index contributed by atoms with van der Waals surface area (Å²) in [5.41, 5.74) is 0.0306. The van der Waals surface area contributed by atoms with Crippen LogP contribution in [0.4, 0.5) is 0 Å². The minimum absolute atomic E-state index is 0. The second-order valence-electron chi connectivity index (χ2n) is 3.01. The van der Waals surface area contributed by atoms with Gasteiger partial charge in [-0.3, -0.25) is 0 Å². The molecule has 0 aliphatic heterocycles. The topological polar surface area (TPSA) is 57.5 Å². The van der Waals surface area contributed by atoms with Gasteiger partial charge in [0.2, 0.25) is 0 Å². The van der Waals surface area contributed by atoms with Crippen molar-refractivity contribution in [3.8, 4) is 0 Å². The molecule has 1 rings (SSSR count). The van der Waals surface area contributed by atoms with Crippen molar-refractivity contribution in [2.75, 3.05) is 0 Å². The minimum atomic E-state index is -0.823. The van der Waals surface area contributed by atoms with E-state index in [1.165, 1.54) is 0 Å². The fourth-order valence-electron chi connectivity index (χ4n) is 1.33. The van der Waals surface area contributed by atoms with Crippen LogP contribution in [0, 0.1) is 12.2 Å². The van der Waals surface area contributed by atoms with Gasteiger partial charge in [-0.2, -0.15) is 0 Å². The summed E-state index contributed by atoms with van der Waals surface area (Å²) < 4.78 is 0. The molecule has 62 valence electrons. The van der Waals surface area contributed by atoms with E-state index in [0.29, 0.717) is 12.8 Å². The van der Waals surface area contributed by atoms with Gasteiger partial charge in [-0.25, -0.2) is 0 Å². The van der Waals surface area contributed by atoms with Gasteiger partial charge in [-0.1, -0.05) is 19.6 Å². The van der Waals surface area contributed by atoms with E-state index in [1.807, 2.05) is 6.92 Å². The zero-order valence-corrected chi connectivity index (χ0v) is 12.3. The number of hydrogen-bond acceptors (Lipinski definition) is 3. The second-order valence-corrected chi connectivity index (χ2v) is 3.01. The molecule has 2 unspecified atom stereocenters. The largest absolute Gasteiger partial charge is 1.00 e. The minimum Gasteiger partial charge on any atom is -0.607 e. The van der Waals surface area contributed by atoms with E-state index in [0.717, 1.165) is 0 Å². The van der Waals surface area contributed by atoms with Crippen LogP contribution in [0.1, 0.15) is 19.8 Å². The van der Waals surface area contributed by atoms with Crippen LogP contribution in [0.3, 0.4) is 0 Å². The number of carbonyl (C=O) groups excluding carboxylic acids is 1. The Morgan fingerprint density at radius 3 is 2.58 bits per heavy atom. The molecule has 2 atom stereocenters. The van der Waals surface area contributed by atoms with Crippen molar-refractivity contribution in [2.45, 2.75) is 25.9 Å². The molecular weight excluding hydrogens is 230 g/mol. The molecule has 12 heavy (non-hydrogen) atoms. The normalized spacial score (nSPS) is 33.2. The van der Waals surface area contributed by atoms with Gasteiger partial charge in [0.1, 0.15) is 0 Å². The van der Waals surface area contributed by atoms with Crippen molar-refractivity contribution in [1.82, 2.24) is 0 Å². The summed E-state index contributed by atoms with van der Waals surface area (Å²) in [7, 11) is 0. The van der Waals surface area contributed by atoms with Crippen LogP contribution in [0.2, 0.25) is 0 Å². The number of aliphatic hydroxyl groups excluding tert-OH is 2. The number of carbonyl (C=O) groups is 1. The Hall–Kier alpha value is 0.975. The van der Waals surface area contributed by atoms with Crippen LogP contribution in [0.15, 0.2) is 5.57 Å². The summed E-state index contributed by atoms with van der Waals surface area (Å²) in [6.45, 7) is 1.90.